The fourth-order valence-electron chi connectivity index (χ4n) is 2.45. The van der Waals surface area contributed by atoms with Gasteiger partial charge in [-0.1, -0.05) is 12.8 Å². The highest BCUT2D eigenvalue weighted by Gasteiger charge is 2.35. The topological polar surface area (TPSA) is 61.8 Å². The van der Waals surface area contributed by atoms with Crippen LogP contribution in [0.15, 0.2) is 0 Å². The third-order valence-corrected chi connectivity index (χ3v) is 3.53. The van der Waals surface area contributed by atoms with Crippen LogP contribution in [-0.4, -0.2) is 54.5 Å². The predicted octanol–water partition coefficient (Wildman–Crippen LogP) is 0.333. The minimum absolute atomic E-state index is 0.0447. The van der Waals surface area contributed by atoms with Crippen LogP contribution in [0.3, 0.4) is 0 Å². The van der Waals surface area contributed by atoms with Gasteiger partial charge in [-0.15, -0.1) is 0 Å². The zero-order valence-corrected chi connectivity index (χ0v) is 9.57. The molecule has 0 atom stereocenters. The molecule has 0 aromatic rings. The molecule has 0 radical (unpaired) electrons. The summed E-state index contributed by atoms with van der Waals surface area (Å²) in [5.41, 5.74) is -0.366. The number of hydrogen-bond donors (Lipinski definition) is 2. The van der Waals surface area contributed by atoms with Gasteiger partial charge >= 0.3 is 6.03 Å². The minimum atomic E-state index is -0.366. The van der Waals surface area contributed by atoms with Crippen LogP contribution in [0.25, 0.3) is 0 Å². The first-order chi connectivity index (χ1) is 7.76. The molecule has 0 spiro atoms. The summed E-state index contributed by atoms with van der Waals surface area (Å²) < 4.78 is 5.20. The number of amides is 2. The molecule has 5 nitrogen and oxygen atoms in total. The molecule has 92 valence electrons. The van der Waals surface area contributed by atoms with Gasteiger partial charge in [-0.2, -0.15) is 0 Å². The van der Waals surface area contributed by atoms with Crippen LogP contribution in [-0.2, 0) is 4.74 Å². The second-order valence-electron chi connectivity index (χ2n) is 4.68. The molecule has 1 aliphatic heterocycles. The van der Waals surface area contributed by atoms with E-state index in [2.05, 4.69) is 5.32 Å². The highest BCUT2D eigenvalue weighted by atomic mass is 16.5. The molecule has 2 rings (SSSR count). The summed E-state index contributed by atoms with van der Waals surface area (Å²) in [7, 11) is 0. The molecule has 1 aliphatic carbocycles. The molecule has 0 bridgehead atoms. The van der Waals surface area contributed by atoms with Gasteiger partial charge in [0.15, 0.2) is 0 Å². The highest BCUT2D eigenvalue weighted by Crippen LogP contribution is 2.29. The van der Waals surface area contributed by atoms with Crippen LogP contribution in [0.5, 0.6) is 0 Å². The van der Waals surface area contributed by atoms with Gasteiger partial charge in [-0.05, 0) is 12.8 Å². The van der Waals surface area contributed by atoms with Gasteiger partial charge in [0, 0.05) is 13.1 Å². The molecule has 5 heteroatoms. The van der Waals surface area contributed by atoms with E-state index in [1.165, 1.54) is 0 Å². The first-order valence-corrected chi connectivity index (χ1v) is 6.01. The Kier molecular flexibility index (Phi) is 3.66. The van der Waals surface area contributed by atoms with Crippen molar-refractivity contribution in [1.29, 1.82) is 0 Å². The molecule has 16 heavy (non-hydrogen) atoms. The second kappa shape index (κ2) is 5.01. The molecular weight excluding hydrogens is 208 g/mol. The van der Waals surface area contributed by atoms with Gasteiger partial charge in [0.05, 0.1) is 25.4 Å². The Balaban J connectivity index is 1.89. The van der Waals surface area contributed by atoms with Crippen molar-refractivity contribution in [3.05, 3.63) is 0 Å². The summed E-state index contributed by atoms with van der Waals surface area (Å²) in [4.78, 5) is 13.7. The SMILES string of the molecule is O=C(NC1(CO)CCCC1)N1CCOCC1. The quantitative estimate of drug-likeness (QED) is 0.716. The van der Waals surface area contributed by atoms with Crippen molar-refractivity contribution in [3.8, 4) is 0 Å². The first kappa shape index (κ1) is 11.7. The van der Waals surface area contributed by atoms with Crippen molar-refractivity contribution in [2.45, 2.75) is 31.2 Å². The Morgan fingerprint density at radius 2 is 1.94 bits per heavy atom. The van der Waals surface area contributed by atoms with Gasteiger partial charge in [0.1, 0.15) is 0 Å². The van der Waals surface area contributed by atoms with E-state index < -0.39 is 0 Å². The van der Waals surface area contributed by atoms with Gasteiger partial charge in [0.2, 0.25) is 0 Å². The van der Waals surface area contributed by atoms with Crippen LogP contribution in [0.1, 0.15) is 25.7 Å². The number of nitrogens with one attached hydrogen (secondary N) is 1. The molecular formula is C11H20N2O3. The second-order valence-corrected chi connectivity index (χ2v) is 4.68. The van der Waals surface area contributed by atoms with E-state index in [1.807, 2.05) is 0 Å². The van der Waals surface area contributed by atoms with E-state index >= 15 is 0 Å². The lowest BCUT2D eigenvalue weighted by atomic mass is 9.99. The van der Waals surface area contributed by atoms with Crippen LogP contribution in [0.4, 0.5) is 4.79 Å². The number of nitrogens with zero attached hydrogens (tertiary/aromatic N) is 1. The summed E-state index contributed by atoms with van der Waals surface area (Å²) in [6.45, 7) is 2.56. The number of urea groups is 1. The van der Waals surface area contributed by atoms with Crippen molar-refractivity contribution < 1.29 is 14.6 Å². The normalized spacial score (nSPS) is 24.4. The van der Waals surface area contributed by atoms with Gasteiger partial charge < -0.3 is 20.1 Å². The van der Waals surface area contributed by atoms with Crippen molar-refractivity contribution in [2.24, 2.45) is 0 Å². The van der Waals surface area contributed by atoms with E-state index in [9.17, 15) is 9.90 Å². The zero-order valence-electron chi connectivity index (χ0n) is 9.57. The molecule has 0 unspecified atom stereocenters. The average Bonchev–Trinajstić information content (AvgIpc) is 2.79. The van der Waals surface area contributed by atoms with E-state index in [0.29, 0.717) is 26.3 Å². The monoisotopic (exact) mass is 228 g/mol. The number of carbonyl (C=O) groups is 1. The lowest BCUT2D eigenvalue weighted by molar-refractivity contribution is 0.0489. The molecule has 1 saturated heterocycles. The van der Waals surface area contributed by atoms with Crippen LogP contribution >= 0.6 is 0 Å². The molecule has 2 N–H and O–H groups in total. The Morgan fingerprint density at radius 1 is 1.31 bits per heavy atom. The van der Waals surface area contributed by atoms with Crippen LogP contribution in [0, 0.1) is 0 Å². The Bertz CT molecular complexity index is 246. The van der Waals surface area contributed by atoms with Gasteiger partial charge in [-0.25, -0.2) is 4.79 Å². The first-order valence-electron chi connectivity index (χ1n) is 6.01. The molecule has 2 amide bonds. The van der Waals surface area contributed by atoms with E-state index in [-0.39, 0.29) is 18.2 Å². The summed E-state index contributed by atoms with van der Waals surface area (Å²) >= 11 is 0. The molecule has 0 aromatic heterocycles. The number of hydrogen-bond acceptors (Lipinski definition) is 3. The molecule has 1 saturated carbocycles. The van der Waals surface area contributed by atoms with E-state index in [1.54, 1.807) is 4.90 Å². The number of rotatable bonds is 2. The van der Waals surface area contributed by atoms with Crippen molar-refractivity contribution in [2.75, 3.05) is 32.9 Å². The maximum absolute atomic E-state index is 12.0. The smallest absolute Gasteiger partial charge is 0.318 e. The summed E-state index contributed by atoms with van der Waals surface area (Å²) in [6.07, 6.45) is 3.95. The Hall–Kier alpha value is -0.810. The number of carbonyl (C=O) groups excluding carboxylic acids is 1. The van der Waals surface area contributed by atoms with Crippen LogP contribution < -0.4 is 5.32 Å². The third-order valence-electron chi connectivity index (χ3n) is 3.53. The van der Waals surface area contributed by atoms with E-state index in [0.717, 1.165) is 25.7 Å². The molecule has 2 aliphatic rings. The zero-order chi connectivity index (χ0) is 11.4. The van der Waals surface area contributed by atoms with E-state index in [4.69, 9.17) is 4.74 Å². The Morgan fingerprint density at radius 3 is 2.50 bits per heavy atom. The molecule has 2 fully saturated rings. The number of aliphatic hydroxyl groups is 1. The minimum Gasteiger partial charge on any atom is -0.394 e. The largest absolute Gasteiger partial charge is 0.394 e. The van der Waals surface area contributed by atoms with Crippen LogP contribution in [0.2, 0.25) is 0 Å². The standard InChI is InChI=1S/C11H20N2O3/c14-9-11(3-1-2-4-11)12-10(15)13-5-7-16-8-6-13/h14H,1-9H2,(H,12,15). The number of ether oxygens (including phenoxy) is 1. The molecule has 1 heterocycles. The van der Waals surface area contributed by atoms with Gasteiger partial charge in [0.25, 0.3) is 0 Å². The van der Waals surface area contributed by atoms with Crippen molar-refractivity contribution in [3.63, 3.8) is 0 Å². The maximum Gasteiger partial charge on any atom is 0.318 e. The summed E-state index contributed by atoms with van der Waals surface area (Å²) in [5.74, 6) is 0. The number of aliphatic hydroxyl groups excluding tert-OH is 1. The third kappa shape index (κ3) is 2.47. The maximum atomic E-state index is 12.0. The predicted molar refractivity (Wildman–Crippen MR) is 59.2 cm³/mol. The molecule has 0 aromatic carbocycles. The van der Waals surface area contributed by atoms with Gasteiger partial charge in [-0.3, -0.25) is 0 Å². The Labute approximate surface area is 95.8 Å². The van der Waals surface area contributed by atoms with Crippen molar-refractivity contribution >= 4 is 6.03 Å². The summed E-state index contributed by atoms with van der Waals surface area (Å²) in [5, 5.41) is 12.4. The van der Waals surface area contributed by atoms with Crippen molar-refractivity contribution in [1.82, 2.24) is 10.2 Å². The fraction of sp³-hybridized carbons (Fsp3) is 0.909. The highest BCUT2D eigenvalue weighted by molar-refractivity contribution is 5.75. The average molecular weight is 228 g/mol. The number of morpholine rings is 1. The lowest BCUT2D eigenvalue weighted by Crippen LogP contribution is -2.55. The summed E-state index contributed by atoms with van der Waals surface area (Å²) in [6, 6.07) is -0.0562. The lowest BCUT2D eigenvalue weighted by Gasteiger charge is -2.33. The fourth-order valence-corrected chi connectivity index (χ4v) is 2.45.